The molecule has 0 aliphatic heterocycles. The number of rotatable bonds is 4. The third-order valence-electron chi connectivity index (χ3n) is 3.36. The molecule has 0 fully saturated rings. The van der Waals surface area contributed by atoms with Crippen LogP contribution in [0.2, 0.25) is 0 Å². The van der Waals surface area contributed by atoms with Gasteiger partial charge in [-0.3, -0.25) is 0 Å². The average molecular weight is 239 g/mol. The highest BCUT2D eigenvalue weighted by atomic mass is 14.6. The largest absolute Gasteiger partial charge is 0.327 e. The summed E-state index contributed by atoms with van der Waals surface area (Å²) in [5, 5.41) is 0. The lowest BCUT2D eigenvalue weighted by Crippen LogP contribution is -2.25. The van der Waals surface area contributed by atoms with E-state index in [-0.39, 0.29) is 6.04 Å². The van der Waals surface area contributed by atoms with Crippen molar-refractivity contribution in [3.63, 3.8) is 0 Å². The Hall–Kier alpha value is -1.60. The van der Waals surface area contributed by atoms with Crippen LogP contribution in [0.15, 0.2) is 48.5 Å². The molecule has 0 saturated carbocycles. The van der Waals surface area contributed by atoms with Gasteiger partial charge in [-0.2, -0.15) is 0 Å². The first-order valence-corrected chi connectivity index (χ1v) is 6.51. The van der Waals surface area contributed by atoms with Gasteiger partial charge in [0.2, 0.25) is 0 Å². The third-order valence-corrected chi connectivity index (χ3v) is 3.36. The lowest BCUT2D eigenvalue weighted by Gasteiger charge is -2.13. The normalized spacial score (nSPS) is 12.4. The molecule has 0 aromatic heterocycles. The molecule has 0 heterocycles. The van der Waals surface area contributed by atoms with Crippen molar-refractivity contribution in [3.8, 4) is 0 Å². The van der Waals surface area contributed by atoms with Gasteiger partial charge in [-0.25, -0.2) is 0 Å². The van der Waals surface area contributed by atoms with Gasteiger partial charge in [-0.05, 0) is 43.4 Å². The highest BCUT2D eigenvalue weighted by Gasteiger charge is 2.07. The molecule has 0 amide bonds. The number of benzene rings is 2. The van der Waals surface area contributed by atoms with Crippen molar-refractivity contribution in [2.24, 2.45) is 5.73 Å². The first-order valence-electron chi connectivity index (χ1n) is 6.51. The zero-order chi connectivity index (χ0) is 13.0. The quantitative estimate of drug-likeness (QED) is 0.869. The van der Waals surface area contributed by atoms with Gasteiger partial charge >= 0.3 is 0 Å². The highest BCUT2D eigenvalue weighted by molar-refractivity contribution is 5.27. The molecule has 0 spiro atoms. The number of hydrogen-bond acceptors (Lipinski definition) is 1. The fourth-order valence-electron chi connectivity index (χ4n) is 2.22. The van der Waals surface area contributed by atoms with Gasteiger partial charge in [-0.1, -0.05) is 54.1 Å². The summed E-state index contributed by atoms with van der Waals surface area (Å²) in [5.74, 6) is 0. The first-order chi connectivity index (χ1) is 8.65. The molecule has 1 unspecified atom stereocenters. The number of nitrogens with two attached hydrogens (primary N) is 1. The molecule has 18 heavy (non-hydrogen) atoms. The maximum absolute atomic E-state index is 6.24. The Balaban J connectivity index is 1.99. The summed E-state index contributed by atoms with van der Waals surface area (Å²) in [6, 6.07) is 17.3. The topological polar surface area (TPSA) is 26.0 Å². The van der Waals surface area contributed by atoms with Gasteiger partial charge in [0, 0.05) is 6.04 Å². The molecular weight excluding hydrogens is 218 g/mol. The van der Waals surface area contributed by atoms with Gasteiger partial charge in [0.1, 0.15) is 0 Å². The van der Waals surface area contributed by atoms with E-state index >= 15 is 0 Å². The second-order valence-electron chi connectivity index (χ2n) is 5.08. The van der Waals surface area contributed by atoms with Crippen LogP contribution in [-0.4, -0.2) is 6.04 Å². The Morgan fingerprint density at radius 3 is 2.22 bits per heavy atom. The van der Waals surface area contributed by atoms with Gasteiger partial charge in [0.15, 0.2) is 0 Å². The Bertz CT molecular complexity index is 499. The Morgan fingerprint density at radius 1 is 0.889 bits per heavy atom. The van der Waals surface area contributed by atoms with Crippen molar-refractivity contribution in [3.05, 3.63) is 70.8 Å². The van der Waals surface area contributed by atoms with Crippen LogP contribution in [0.4, 0.5) is 0 Å². The third kappa shape index (κ3) is 3.44. The van der Waals surface area contributed by atoms with Crippen LogP contribution < -0.4 is 5.73 Å². The van der Waals surface area contributed by atoms with Crippen LogP contribution in [0, 0.1) is 13.8 Å². The summed E-state index contributed by atoms with van der Waals surface area (Å²) in [6.45, 7) is 4.25. The number of hydrogen-bond donors (Lipinski definition) is 1. The summed E-state index contributed by atoms with van der Waals surface area (Å²) >= 11 is 0. The smallest absolute Gasteiger partial charge is 0.0120 e. The van der Waals surface area contributed by atoms with E-state index in [1.165, 1.54) is 22.3 Å². The molecular formula is C17H21N. The Kier molecular flexibility index (Phi) is 4.16. The van der Waals surface area contributed by atoms with E-state index < -0.39 is 0 Å². The predicted octanol–water partition coefficient (Wildman–Crippen LogP) is 3.42. The monoisotopic (exact) mass is 239 g/mol. The molecule has 2 aromatic rings. The lowest BCUT2D eigenvalue weighted by molar-refractivity contribution is 0.662. The van der Waals surface area contributed by atoms with Crippen molar-refractivity contribution in [1.82, 2.24) is 0 Å². The summed E-state index contributed by atoms with van der Waals surface area (Å²) in [4.78, 5) is 0. The summed E-state index contributed by atoms with van der Waals surface area (Å²) < 4.78 is 0. The van der Waals surface area contributed by atoms with Gasteiger partial charge in [0.05, 0.1) is 0 Å². The molecule has 1 heteroatoms. The molecule has 0 saturated heterocycles. The minimum absolute atomic E-state index is 0.189. The predicted molar refractivity (Wildman–Crippen MR) is 77.7 cm³/mol. The van der Waals surface area contributed by atoms with E-state index in [1.807, 2.05) is 0 Å². The summed E-state index contributed by atoms with van der Waals surface area (Å²) in [5.41, 5.74) is 11.6. The minimum Gasteiger partial charge on any atom is -0.327 e. The maximum Gasteiger partial charge on any atom is 0.0120 e. The molecule has 1 atom stereocenters. The lowest BCUT2D eigenvalue weighted by atomic mass is 9.97. The molecule has 94 valence electrons. The van der Waals surface area contributed by atoms with Crippen LogP contribution in [-0.2, 0) is 12.8 Å². The molecule has 2 N–H and O–H groups in total. The Morgan fingerprint density at radius 2 is 1.56 bits per heavy atom. The molecule has 1 nitrogen and oxygen atoms in total. The van der Waals surface area contributed by atoms with Crippen molar-refractivity contribution < 1.29 is 0 Å². The Labute approximate surface area is 110 Å². The first kappa shape index (κ1) is 12.8. The van der Waals surface area contributed by atoms with E-state index in [0.29, 0.717) is 0 Å². The maximum atomic E-state index is 6.24. The number of aryl methyl sites for hydroxylation is 2. The second-order valence-corrected chi connectivity index (χ2v) is 5.08. The van der Waals surface area contributed by atoms with Crippen molar-refractivity contribution in [2.75, 3.05) is 0 Å². The van der Waals surface area contributed by atoms with Gasteiger partial charge in [0.25, 0.3) is 0 Å². The minimum atomic E-state index is 0.189. The summed E-state index contributed by atoms with van der Waals surface area (Å²) in [7, 11) is 0. The van der Waals surface area contributed by atoms with Gasteiger partial charge < -0.3 is 5.73 Å². The molecule has 0 aliphatic carbocycles. The summed E-state index contributed by atoms with van der Waals surface area (Å²) in [6.07, 6.45) is 1.88. The molecule has 0 aliphatic rings. The van der Waals surface area contributed by atoms with Gasteiger partial charge in [-0.15, -0.1) is 0 Å². The van der Waals surface area contributed by atoms with Crippen LogP contribution in [0.1, 0.15) is 22.3 Å². The van der Waals surface area contributed by atoms with Crippen LogP contribution >= 0.6 is 0 Å². The van der Waals surface area contributed by atoms with E-state index in [4.69, 9.17) is 5.73 Å². The van der Waals surface area contributed by atoms with Crippen LogP contribution in [0.3, 0.4) is 0 Å². The van der Waals surface area contributed by atoms with Crippen molar-refractivity contribution in [1.29, 1.82) is 0 Å². The van der Waals surface area contributed by atoms with E-state index in [1.54, 1.807) is 0 Å². The zero-order valence-electron chi connectivity index (χ0n) is 11.2. The SMILES string of the molecule is Cc1ccc(CC(N)Cc2ccccc2C)cc1. The molecule has 2 rings (SSSR count). The van der Waals surface area contributed by atoms with E-state index in [9.17, 15) is 0 Å². The molecule has 2 aromatic carbocycles. The highest BCUT2D eigenvalue weighted by Crippen LogP contribution is 2.12. The van der Waals surface area contributed by atoms with Crippen LogP contribution in [0.25, 0.3) is 0 Å². The molecule has 0 bridgehead atoms. The fraction of sp³-hybridized carbons (Fsp3) is 0.294. The van der Waals surface area contributed by atoms with E-state index in [2.05, 4.69) is 62.4 Å². The van der Waals surface area contributed by atoms with Crippen molar-refractivity contribution >= 4 is 0 Å². The fourth-order valence-corrected chi connectivity index (χ4v) is 2.22. The van der Waals surface area contributed by atoms with E-state index in [0.717, 1.165) is 12.8 Å². The average Bonchev–Trinajstić information content (AvgIpc) is 2.35. The second kappa shape index (κ2) is 5.83. The molecule has 0 radical (unpaired) electrons. The standard InChI is InChI=1S/C17H21N/c1-13-7-9-15(10-8-13)11-17(18)12-16-6-4-3-5-14(16)2/h3-10,17H,11-12,18H2,1-2H3. The zero-order valence-corrected chi connectivity index (χ0v) is 11.2. The van der Waals surface area contributed by atoms with Crippen LogP contribution in [0.5, 0.6) is 0 Å². The van der Waals surface area contributed by atoms with Crippen molar-refractivity contribution in [2.45, 2.75) is 32.7 Å².